The van der Waals surface area contributed by atoms with Gasteiger partial charge in [-0.05, 0) is 49.2 Å². The van der Waals surface area contributed by atoms with Crippen LogP contribution < -0.4 is 15.5 Å². The standard InChI is InChI=1S/C19H19Cl2N3O2/c1-24(2)17-6-5-15(10-16(17)19(26)22-14-3-4-14)23-18(25)11-7-12(20)9-13(21)8-11/h5-10,14H,3-4H2,1-2H3,(H,22,26)(H,23,25). The van der Waals surface area contributed by atoms with Crippen LogP contribution in [0.4, 0.5) is 11.4 Å². The fourth-order valence-corrected chi connectivity index (χ4v) is 3.09. The molecular formula is C19H19Cl2N3O2. The van der Waals surface area contributed by atoms with Gasteiger partial charge in [0.2, 0.25) is 0 Å². The third-order valence-corrected chi connectivity index (χ3v) is 4.45. The Balaban J connectivity index is 1.85. The fourth-order valence-electron chi connectivity index (χ4n) is 2.56. The first kappa shape index (κ1) is 18.5. The SMILES string of the molecule is CN(C)c1ccc(NC(=O)c2cc(Cl)cc(Cl)c2)cc1C(=O)NC1CC1. The van der Waals surface area contributed by atoms with Crippen LogP contribution in [0.25, 0.3) is 0 Å². The van der Waals surface area contributed by atoms with Gasteiger partial charge in [0.25, 0.3) is 11.8 Å². The molecule has 0 heterocycles. The Morgan fingerprint density at radius 2 is 1.65 bits per heavy atom. The summed E-state index contributed by atoms with van der Waals surface area (Å²) < 4.78 is 0. The van der Waals surface area contributed by atoms with Gasteiger partial charge in [0.1, 0.15) is 0 Å². The molecule has 0 radical (unpaired) electrons. The monoisotopic (exact) mass is 391 g/mol. The van der Waals surface area contributed by atoms with Crippen LogP contribution >= 0.6 is 23.2 Å². The number of benzene rings is 2. The zero-order valence-electron chi connectivity index (χ0n) is 14.5. The number of halogens is 2. The molecule has 0 spiro atoms. The molecule has 1 fully saturated rings. The highest BCUT2D eigenvalue weighted by Crippen LogP contribution is 2.26. The van der Waals surface area contributed by atoms with Gasteiger partial charge in [-0.25, -0.2) is 0 Å². The van der Waals surface area contributed by atoms with Crippen molar-refractivity contribution >= 4 is 46.4 Å². The number of hydrogen-bond donors (Lipinski definition) is 2. The summed E-state index contributed by atoms with van der Waals surface area (Å²) in [6, 6.07) is 10.1. The number of hydrogen-bond acceptors (Lipinski definition) is 3. The predicted octanol–water partition coefficient (Wildman–Crippen LogP) is 4.20. The third kappa shape index (κ3) is 4.48. The Kier molecular flexibility index (Phi) is 5.39. The van der Waals surface area contributed by atoms with Crippen LogP contribution in [0.2, 0.25) is 10.0 Å². The minimum absolute atomic E-state index is 0.141. The predicted molar refractivity (Wildman–Crippen MR) is 106 cm³/mol. The molecule has 26 heavy (non-hydrogen) atoms. The molecule has 2 N–H and O–H groups in total. The molecule has 2 aromatic carbocycles. The normalized spacial score (nSPS) is 13.2. The Labute approximate surface area is 162 Å². The molecule has 0 aliphatic heterocycles. The molecule has 1 aliphatic rings. The molecule has 3 rings (SSSR count). The van der Waals surface area contributed by atoms with Crippen molar-refractivity contribution in [2.75, 3.05) is 24.3 Å². The average molecular weight is 392 g/mol. The van der Waals surface area contributed by atoms with E-state index < -0.39 is 0 Å². The maximum absolute atomic E-state index is 12.5. The second-order valence-corrected chi connectivity index (χ2v) is 7.36. The van der Waals surface area contributed by atoms with Crippen LogP contribution in [0.15, 0.2) is 36.4 Å². The summed E-state index contributed by atoms with van der Waals surface area (Å²) in [5, 5.41) is 6.54. The second kappa shape index (κ2) is 7.56. The first-order valence-electron chi connectivity index (χ1n) is 8.23. The average Bonchev–Trinajstić information content (AvgIpc) is 3.37. The van der Waals surface area contributed by atoms with Gasteiger partial charge >= 0.3 is 0 Å². The molecule has 0 bridgehead atoms. The molecule has 0 atom stereocenters. The van der Waals surface area contributed by atoms with Crippen molar-refractivity contribution in [2.24, 2.45) is 0 Å². The number of rotatable bonds is 5. The summed E-state index contributed by atoms with van der Waals surface area (Å²) in [4.78, 5) is 26.9. The number of amides is 2. The Morgan fingerprint density at radius 3 is 2.23 bits per heavy atom. The zero-order valence-corrected chi connectivity index (χ0v) is 16.0. The van der Waals surface area contributed by atoms with Gasteiger partial charge in [-0.1, -0.05) is 23.2 Å². The van der Waals surface area contributed by atoms with E-state index >= 15 is 0 Å². The van der Waals surface area contributed by atoms with Crippen molar-refractivity contribution < 1.29 is 9.59 Å². The van der Waals surface area contributed by atoms with E-state index in [0.717, 1.165) is 18.5 Å². The molecule has 2 amide bonds. The van der Waals surface area contributed by atoms with Crippen LogP contribution in [-0.2, 0) is 0 Å². The van der Waals surface area contributed by atoms with Gasteiger partial charge in [0.05, 0.1) is 5.56 Å². The molecule has 0 saturated heterocycles. The van der Waals surface area contributed by atoms with Crippen molar-refractivity contribution in [2.45, 2.75) is 18.9 Å². The summed E-state index contributed by atoms with van der Waals surface area (Å²) in [5.74, 6) is -0.487. The van der Waals surface area contributed by atoms with Crippen molar-refractivity contribution in [3.63, 3.8) is 0 Å². The minimum Gasteiger partial charge on any atom is -0.377 e. The molecule has 1 saturated carbocycles. The molecule has 2 aromatic rings. The lowest BCUT2D eigenvalue weighted by atomic mass is 10.1. The highest BCUT2D eigenvalue weighted by Gasteiger charge is 2.25. The lowest BCUT2D eigenvalue weighted by molar-refractivity contribution is 0.0950. The Bertz CT molecular complexity index is 844. The summed E-state index contributed by atoms with van der Waals surface area (Å²) >= 11 is 11.9. The first-order valence-corrected chi connectivity index (χ1v) is 8.99. The van der Waals surface area contributed by atoms with Gasteiger partial charge in [-0.3, -0.25) is 9.59 Å². The molecule has 1 aliphatic carbocycles. The maximum Gasteiger partial charge on any atom is 0.255 e. The number of nitrogens with zero attached hydrogens (tertiary/aromatic N) is 1. The number of carbonyl (C=O) groups excluding carboxylic acids is 2. The highest BCUT2D eigenvalue weighted by molar-refractivity contribution is 6.35. The number of anilines is 2. The van der Waals surface area contributed by atoms with Crippen LogP contribution in [0.3, 0.4) is 0 Å². The summed E-state index contributed by atoms with van der Waals surface area (Å²) in [6.45, 7) is 0. The lowest BCUT2D eigenvalue weighted by Crippen LogP contribution is -2.27. The second-order valence-electron chi connectivity index (χ2n) is 6.49. The van der Waals surface area contributed by atoms with Gasteiger partial charge < -0.3 is 15.5 Å². The number of nitrogens with one attached hydrogen (secondary N) is 2. The smallest absolute Gasteiger partial charge is 0.255 e. The van der Waals surface area contributed by atoms with E-state index in [1.165, 1.54) is 12.1 Å². The molecule has 136 valence electrons. The molecule has 0 unspecified atom stereocenters. The van der Waals surface area contributed by atoms with E-state index in [-0.39, 0.29) is 17.9 Å². The maximum atomic E-state index is 12.5. The lowest BCUT2D eigenvalue weighted by Gasteiger charge is -2.18. The first-order chi connectivity index (χ1) is 12.3. The molecule has 7 heteroatoms. The summed E-state index contributed by atoms with van der Waals surface area (Å²) in [5.41, 5.74) is 2.18. The quantitative estimate of drug-likeness (QED) is 0.802. The third-order valence-electron chi connectivity index (χ3n) is 4.02. The van der Waals surface area contributed by atoms with Crippen molar-refractivity contribution in [1.29, 1.82) is 0 Å². The highest BCUT2D eigenvalue weighted by atomic mass is 35.5. The van der Waals surface area contributed by atoms with Gasteiger partial charge in [-0.2, -0.15) is 0 Å². The van der Waals surface area contributed by atoms with Gasteiger partial charge in [-0.15, -0.1) is 0 Å². The van der Waals surface area contributed by atoms with Crippen molar-refractivity contribution in [1.82, 2.24) is 5.32 Å². The van der Waals surface area contributed by atoms with Crippen LogP contribution in [-0.4, -0.2) is 32.0 Å². The zero-order chi connectivity index (χ0) is 18.8. The van der Waals surface area contributed by atoms with E-state index in [1.54, 1.807) is 18.2 Å². The fraction of sp³-hybridized carbons (Fsp3) is 0.263. The number of carbonyl (C=O) groups is 2. The summed E-state index contributed by atoms with van der Waals surface area (Å²) in [7, 11) is 3.74. The largest absolute Gasteiger partial charge is 0.377 e. The molecular weight excluding hydrogens is 373 g/mol. The Hall–Kier alpha value is -2.24. The Morgan fingerprint density at radius 1 is 1.00 bits per heavy atom. The molecule has 5 nitrogen and oxygen atoms in total. The van der Waals surface area contributed by atoms with Crippen molar-refractivity contribution in [3.05, 3.63) is 57.6 Å². The van der Waals surface area contributed by atoms with Crippen LogP contribution in [0, 0.1) is 0 Å². The minimum atomic E-state index is -0.347. The summed E-state index contributed by atoms with van der Waals surface area (Å²) in [6.07, 6.45) is 2.02. The van der Waals surface area contributed by atoms with Crippen molar-refractivity contribution in [3.8, 4) is 0 Å². The van der Waals surface area contributed by atoms with Crippen LogP contribution in [0.1, 0.15) is 33.6 Å². The topological polar surface area (TPSA) is 61.4 Å². The van der Waals surface area contributed by atoms with E-state index in [1.807, 2.05) is 25.1 Å². The van der Waals surface area contributed by atoms with Crippen LogP contribution in [0.5, 0.6) is 0 Å². The van der Waals surface area contributed by atoms with E-state index in [0.29, 0.717) is 26.9 Å². The van der Waals surface area contributed by atoms with E-state index in [4.69, 9.17) is 23.2 Å². The van der Waals surface area contributed by atoms with Gasteiger partial charge in [0, 0.05) is 47.1 Å². The van der Waals surface area contributed by atoms with E-state index in [2.05, 4.69) is 10.6 Å². The van der Waals surface area contributed by atoms with Gasteiger partial charge in [0.15, 0.2) is 0 Å². The van der Waals surface area contributed by atoms with E-state index in [9.17, 15) is 9.59 Å². The molecule has 0 aromatic heterocycles.